The molecule has 0 radical (unpaired) electrons. The van der Waals surface area contributed by atoms with Crippen LogP contribution in [0.2, 0.25) is 9.28 Å². The SMILES string of the molecule is CCCCC[CH2][Ag]([I])[CH2]CCCCC. The van der Waals surface area contributed by atoms with Gasteiger partial charge in [-0.25, -0.2) is 0 Å². The fraction of sp³-hybridized carbons (Fsp3) is 1.00. The van der Waals surface area contributed by atoms with Crippen LogP contribution in [0.3, 0.4) is 0 Å². The van der Waals surface area contributed by atoms with Gasteiger partial charge in [0.25, 0.3) is 0 Å². The van der Waals surface area contributed by atoms with E-state index in [0.717, 1.165) is 0 Å². The summed E-state index contributed by atoms with van der Waals surface area (Å²) < 4.78 is 3.11. The van der Waals surface area contributed by atoms with Gasteiger partial charge in [-0.2, -0.15) is 0 Å². The second-order valence-corrected chi connectivity index (χ2v) is 12.2. The number of rotatable bonds is 10. The van der Waals surface area contributed by atoms with E-state index >= 15 is 0 Å². The number of hydrogen-bond donors (Lipinski definition) is 0. The van der Waals surface area contributed by atoms with Gasteiger partial charge in [-0.05, 0) is 0 Å². The second kappa shape index (κ2) is 12.5. The van der Waals surface area contributed by atoms with E-state index in [1.807, 2.05) is 0 Å². The third kappa shape index (κ3) is 11.5. The van der Waals surface area contributed by atoms with Crippen molar-refractivity contribution in [2.75, 3.05) is 0 Å². The summed E-state index contributed by atoms with van der Waals surface area (Å²) >= 11 is 2.75. The fourth-order valence-electron chi connectivity index (χ4n) is 1.31. The summed E-state index contributed by atoms with van der Waals surface area (Å²) in [6.07, 6.45) is 11.6. The minimum absolute atomic E-state index is 0.00591. The Morgan fingerprint density at radius 3 is 1.50 bits per heavy atom. The molecule has 0 saturated heterocycles. The maximum atomic E-state index is 2.75. The predicted molar refractivity (Wildman–Crippen MR) is 71.9 cm³/mol. The summed E-state index contributed by atoms with van der Waals surface area (Å²) in [6.45, 7) is 4.58. The molecule has 92 valence electrons. The van der Waals surface area contributed by atoms with Crippen LogP contribution in [0.15, 0.2) is 0 Å². The Hall–Kier alpha value is 1.47. The van der Waals surface area contributed by atoms with Crippen LogP contribution in [0.4, 0.5) is 0 Å². The Morgan fingerprint density at radius 1 is 0.714 bits per heavy atom. The van der Waals surface area contributed by atoms with Gasteiger partial charge in [-0.1, -0.05) is 0 Å². The Morgan fingerprint density at radius 2 is 1.14 bits per heavy atom. The Bertz CT molecular complexity index is 94.5. The molecule has 0 aromatic rings. The zero-order valence-corrected chi connectivity index (χ0v) is 13.4. The van der Waals surface area contributed by atoms with E-state index in [1.54, 1.807) is 9.28 Å². The number of unbranched alkanes of at least 4 members (excludes halogenated alkanes) is 6. The third-order valence-corrected chi connectivity index (χ3v) is 8.75. The van der Waals surface area contributed by atoms with E-state index in [9.17, 15) is 0 Å². The van der Waals surface area contributed by atoms with Gasteiger partial charge in [0.15, 0.2) is 0 Å². The van der Waals surface area contributed by atoms with Crippen molar-refractivity contribution in [3.8, 4) is 0 Å². The standard InChI is InChI=1S/2C6H13.Ag.HI/c2*1-3-5-6-4-2;;/h2*1,3-6H2,2H3;;1H/q;;+1;/p-1. The summed E-state index contributed by atoms with van der Waals surface area (Å²) in [7, 11) is 0. The van der Waals surface area contributed by atoms with Crippen LogP contribution in [0.25, 0.3) is 0 Å². The van der Waals surface area contributed by atoms with E-state index in [4.69, 9.17) is 0 Å². The van der Waals surface area contributed by atoms with Crippen molar-refractivity contribution in [1.29, 1.82) is 0 Å². The molecule has 0 aliphatic rings. The molecule has 0 spiro atoms. The average molecular weight is 405 g/mol. The van der Waals surface area contributed by atoms with E-state index in [2.05, 4.69) is 32.9 Å². The first kappa shape index (κ1) is 15.5. The van der Waals surface area contributed by atoms with Crippen LogP contribution >= 0.6 is 19.0 Å². The molecular formula is C12H26AgI. The molecule has 14 heavy (non-hydrogen) atoms. The summed E-state index contributed by atoms with van der Waals surface area (Å²) in [4.78, 5) is 0. The number of halogens is 1. The van der Waals surface area contributed by atoms with Gasteiger partial charge in [-0.15, -0.1) is 0 Å². The molecule has 0 bridgehead atoms. The second-order valence-electron chi connectivity index (χ2n) is 3.73. The van der Waals surface area contributed by atoms with Gasteiger partial charge in [0, 0.05) is 0 Å². The van der Waals surface area contributed by atoms with E-state index in [0.29, 0.717) is 0 Å². The van der Waals surface area contributed by atoms with Crippen molar-refractivity contribution >= 4 is 19.0 Å². The third-order valence-electron chi connectivity index (χ3n) is 2.25. The fourth-order valence-corrected chi connectivity index (χ4v) is 6.28. The monoisotopic (exact) mass is 404 g/mol. The first-order valence-electron chi connectivity index (χ1n) is 5.95. The quantitative estimate of drug-likeness (QED) is 0.239. The maximum absolute atomic E-state index is 2.75. The predicted octanol–water partition coefficient (Wildman–Crippen LogP) is 5.95. The van der Waals surface area contributed by atoms with Crippen LogP contribution in [-0.4, -0.2) is 0 Å². The van der Waals surface area contributed by atoms with Crippen molar-refractivity contribution in [1.82, 2.24) is 0 Å². The van der Waals surface area contributed by atoms with Gasteiger partial charge in [0.05, 0.1) is 0 Å². The van der Waals surface area contributed by atoms with Crippen LogP contribution in [0, 0.1) is 0 Å². The molecular weight excluding hydrogens is 379 g/mol. The van der Waals surface area contributed by atoms with Gasteiger partial charge in [0.1, 0.15) is 0 Å². The molecule has 0 aromatic carbocycles. The Labute approximate surface area is 107 Å². The molecule has 0 N–H and O–H groups in total. The topological polar surface area (TPSA) is 0 Å². The summed E-state index contributed by atoms with van der Waals surface area (Å²) in [5.41, 5.74) is 0. The number of hydrogen-bond acceptors (Lipinski definition) is 0. The summed E-state index contributed by atoms with van der Waals surface area (Å²) in [5.74, 6) is 0. The molecule has 0 amide bonds. The summed E-state index contributed by atoms with van der Waals surface area (Å²) in [5, 5.41) is 0. The molecule has 0 fully saturated rings. The normalized spacial score (nSPS) is 11.8. The Kier molecular flexibility index (Phi) is 13.9. The molecule has 0 unspecified atom stereocenters. The van der Waals surface area contributed by atoms with Gasteiger partial charge in [0.2, 0.25) is 0 Å². The van der Waals surface area contributed by atoms with Crippen LogP contribution in [-0.2, 0) is 14.6 Å². The summed E-state index contributed by atoms with van der Waals surface area (Å²) in [6, 6.07) is 0. The van der Waals surface area contributed by atoms with E-state index in [-0.39, 0.29) is 14.6 Å². The van der Waals surface area contributed by atoms with Crippen LogP contribution in [0.5, 0.6) is 0 Å². The van der Waals surface area contributed by atoms with Gasteiger partial charge >= 0.3 is 108 Å². The first-order chi connectivity index (χ1) is 6.81. The van der Waals surface area contributed by atoms with Crippen LogP contribution in [0.1, 0.15) is 65.2 Å². The van der Waals surface area contributed by atoms with E-state index in [1.165, 1.54) is 51.4 Å². The molecule has 0 saturated carbocycles. The van der Waals surface area contributed by atoms with Crippen molar-refractivity contribution in [2.24, 2.45) is 0 Å². The van der Waals surface area contributed by atoms with Crippen molar-refractivity contribution < 1.29 is 14.6 Å². The zero-order valence-electron chi connectivity index (χ0n) is 9.75. The molecule has 0 rings (SSSR count). The molecule has 2 heteroatoms. The molecule has 0 aliphatic carbocycles. The van der Waals surface area contributed by atoms with Gasteiger partial charge < -0.3 is 0 Å². The molecule has 0 aliphatic heterocycles. The first-order valence-corrected chi connectivity index (χ1v) is 12.5. The molecule has 0 nitrogen and oxygen atoms in total. The Balaban J connectivity index is 3.07. The molecule has 0 aromatic heterocycles. The van der Waals surface area contributed by atoms with Gasteiger partial charge in [-0.3, -0.25) is 0 Å². The van der Waals surface area contributed by atoms with Crippen molar-refractivity contribution in [3.05, 3.63) is 0 Å². The van der Waals surface area contributed by atoms with E-state index < -0.39 is 0 Å². The molecule has 0 atom stereocenters. The minimum atomic E-state index is 0.00591. The molecule has 0 heterocycles. The zero-order chi connectivity index (χ0) is 10.6. The average Bonchev–Trinajstić information content (AvgIpc) is 2.19. The van der Waals surface area contributed by atoms with Crippen molar-refractivity contribution in [2.45, 2.75) is 74.5 Å². The van der Waals surface area contributed by atoms with Crippen molar-refractivity contribution in [3.63, 3.8) is 0 Å². The van der Waals surface area contributed by atoms with Crippen LogP contribution < -0.4 is 0 Å².